The minimum Gasteiger partial charge on any atom is -0.477 e. The van der Waals surface area contributed by atoms with Crippen molar-refractivity contribution in [2.75, 3.05) is 6.61 Å². The van der Waals surface area contributed by atoms with Crippen LogP contribution in [0.5, 0.6) is 0 Å². The highest BCUT2D eigenvalue weighted by Crippen LogP contribution is 2.38. The van der Waals surface area contributed by atoms with Gasteiger partial charge in [-0.2, -0.15) is 0 Å². The first-order valence-corrected chi connectivity index (χ1v) is 6.53. The van der Waals surface area contributed by atoms with Gasteiger partial charge in [-0.1, -0.05) is 5.16 Å². The fraction of sp³-hybridized carbons (Fsp3) is 0.750. The highest BCUT2D eigenvalue weighted by Gasteiger charge is 2.42. The number of rotatable bonds is 4. The molecule has 104 valence electrons. The number of ether oxygens (including phenoxy) is 1. The summed E-state index contributed by atoms with van der Waals surface area (Å²) in [6.07, 6.45) is 2.40. The molecule has 2 N–H and O–H groups in total. The van der Waals surface area contributed by atoms with E-state index in [-0.39, 0.29) is 30.2 Å². The Hall–Kier alpha value is -1.63. The molecular formula is C12H16N2O5. The molecule has 3 rings (SSSR count). The Labute approximate surface area is 109 Å². The van der Waals surface area contributed by atoms with Crippen LogP contribution < -0.4 is 5.32 Å². The first-order chi connectivity index (χ1) is 9.15. The van der Waals surface area contributed by atoms with Crippen LogP contribution >= 0.6 is 0 Å². The van der Waals surface area contributed by atoms with E-state index < -0.39 is 12.1 Å². The number of carboxylic acids is 1. The van der Waals surface area contributed by atoms with Crippen molar-refractivity contribution in [1.29, 1.82) is 0 Å². The quantitative estimate of drug-likeness (QED) is 0.742. The topological polar surface area (TPSA) is 97.2 Å². The van der Waals surface area contributed by atoms with Crippen LogP contribution in [0.15, 0.2) is 5.16 Å². The largest absolute Gasteiger partial charge is 0.477 e. The summed E-state index contributed by atoms with van der Waals surface area (Å²) in [5.41, 5.74) is -0.110. The van der Waals surface area contributed by atoms with Gasteiger partial charge in [-0.25, -0.2) is 4.79 Å². The van der Waals surface area contributed by atoms with Gasteiger partial charge in [0.25, 0.3) is 5.91 Å². The highest BCUT2D eigenvalue weighted by atomic mass is 16.6. The summed E-state index contributed by atoms with van der Waals surface area (Å²) < 4.78 is 5.63. The Morgan fingerprint density at radius 2 is 2.11 bits per heavy atom. The molecule has 0 radical (unpaired) electrons. The first kappa shape index (κ1) is 12.4. The van der Waals surface area contributed by atoms with E-state index >= 15 is 0 Å². The second-order valence-electron chi connectivity index (χ2n) is 5.22. The molecule has 7 heteroatoms. The lowest BCUT2D eigenvalue weighted by atomic mass is 10.1. The summed E-state index contributed by atoms with van der Waals surface area (Å²) in [5.74, 6) is -0.889. The van der Waals surface area contributed by atoms with Crippen molar-refractivity contribution in [3.63, 3.8) is 0 Å². The Morgan fingerprint density at radius 1 is 1.32 bits per heavy atom. The number of nitrogens with zero attached hydrogens (tertiary/aromatic N) is 1. The molecule has 3 unspecified atom stereocenters. The van der Waals surface area contributed by atoms with Crippen molar-refractivity contribution in [3.05, 3.63) is 0 Å². The Kier molecular flexibility index (Phi) is 3.14. The van der Waals surface area contributed by atoms with E-state index in [1.54, 1.807) is 0 Å². The minimum absolute atomic E-state index is 0.0116. The standard InChI is InChI=1S/C12H16N2O5/c15-11(9-5-8(12(16)17)14-19-9)13-7-3-4-18-10(7)6-1-2-6/h6-7,9-10H,1-5H2,(H,13,15)(H,16,17). The molecule has 19 heavy (non-hydrogen) atoms. The van der Waals surface area contributed by atoms with Gasteiger partial charge in [0, 0.05) is 13.0 Å². The van der Waals surface area contributed by atoms with E-state index in [1.165, 1.54) is 0 Å². The number of hydrogen-bond acceptors (Lipinski definition) is 5. The number of carbonyl (C=O) groups is 2. The van der Waals surface area contributed by atoms with Gasteiger partial charge >= 0.3 is 5.97 Å². The van der Waals surface area contributed by atoms with Crippen molar-refractivity contribution >= 4 is 17.6 Å². The van der Waals surface area contributed by atoms with Gasteiger partial charge in [0.1, 0.15) is 0 Å². The number of nitrogens with one attached hydrogen (secondary N) is 1. The SMILES string of the molecule is O=C(O)C1=NOC(C(=O)NC2CCOC2C2CC2)C1. The molecule has 0 aromatic carbocycles. The summed E-state index contributed by atoms with van der Waals surface area (Å²) >= 11 is 0. The molecule has 0 aromatic heterocycles. The lowest BCUT2D eigenvalue weighted by Crippen LogP contribution is -2.46. The highest BCUT2D eigenvalue weighted by molar-refractivity contribution is 6.36. The number of carbonyl (C=O) groups excluding carboxylic acids is 1. The number of oxime groups is 1. The van der Waals surface area contributed by atoms with Crippen LogP contribution in [0.25, 0.3) is 0 Å². The smallest absolute Gasteiger partial charge is 0.353 e. The van der Waals surface area contributed by atoms with Crippen molar-refractivity contribution in [3.8, 4) is 0 Å². The molecule has 1 saturated carbocycles. The molecule has 1 saturated heterocycles. The monoisotopic (exact) mass is 268 g/mol. The normalized spacial score (nSPS) is 33.7. The molecule has 1 amide bonds. The zero-order valence-corrected chi connectivity index (χ0v) is 10.4. The number of hydrogen-bond donors (Lipinski definition) is 2. The van der Waals surface area contributed by atoms with Gasteiger partial charge in [-0.15, -0.1) is 0 Å². The Morgan fingerprint density at radius 3 is 2.74 bits per heavy atom. The van der Waals surface area contributed by atoms with Gasteiger partial charge in [-0.05, 0) is 25.2 Å². The third kappa shape index (κ3) is 2.56. The second-order valence-corrected chi connectivity index (χ2v) is 5.22. The molecule has 7 nitrogen and oxygen atoms in total. The Bertz CT molecular complexity index is 432. The molecule has 3 atom stereocenters. The number of amides is 1. The van der Waals surface area contributed by atoms with E-state index in [9.17, 15) is 9.59 Å². The van der Waals surface area contributed by atoms with Crippen molar-refractivity contribution in [2.24, 2.45) is 11.1 Å². The third-order valence-electron chi connectivity index (χ3n) is 3.76. The fourth-order valence-corrected chi connectivity index (χ4v) is 2.58. The molecule has 0 spiro atoms. The van der Waals surface area contributed by atoms with E-state index in [2.05, 4.69) is 10.5 Å². The molecule has 3 aliphatic rings. The Balaban J connectivity index is 1.53. The van der Waals surface area contributed by atoms with Crippen LogP contribution in [0.3, 0.4) is 0 Å². The summed E-state index contributed by atoms with van der Waals surface area (Å²) in [6.45, 7) is 0.661. The van der Waals surface area contributed by atoms with Gasteiger partial charge in [0.2, 0.25) is 6.10 Å². The second kappa shape index (κ2) is 4.80. The molecular weight excluding hydrogens is 252 g/mol. The number of carboxylic acid groups (broad SMARTS) is 1. The predicted molar refractivity (Wildman–Crippen MR) is 63.6 cm³/mol. The van der Waals surface area contributed by atoms with Crippen molar-refractivity contribution < 1.29 is 24.3 Å². The van der Waals surface area contributed by atoms with Crippen LogP contribution in [0.4, 0.5) is 0 Å². The lowest BCUT2D eigenvalue weighted by molar-refractivity contribution is -0.132. The van der Waals surface area contributed by atoms with Crippen molar-refractivity contribution in [2.45, 2.75) is 43.9 Å². The van der Waals surface area contributed by atoms with Crippen LogP contribution in [0.1, 0.15) is 25.7 Å². The molecule has 1 aliphatic carbocycles. The molecule has 0 aromatic rings. The average molecular weight is 268 g/mol. The number of aliphatic carboxylic acids is 1. The zero-order valence-electron chi connectivity index (χ0n) is 10.4. The maximum absolute atomic E-state index is 12.0. The van der Waals surface area contributed by atoms with E-state index in [1.807, 2.05) is 0 Å². The maximum Gasteiger partial charge on any atom is 0.353 e. The van der Waals surface area contributed by atoms with Crippen LogP contribution in [-0.4, -0.2) is 47.6 Å². The summed E-state index contributed by atoms with van der Waals surface area (Å²) in [5, 5.41) is 15.1. The molecule has 0 bridgehead atoms. The van der Waals surface area contributed by atoms with Crippen molar-refractivity contribution in [1.82, 2.24) is 5.32 Å². The van der Waals surface area contributed by atoms with Gasteiger partial charge in [0.05, 0.1) is 12.1 Å². The lowest BCUT2D eigenvalue weighted by Gasteiger charge is -2.20. The van der Waals surface area contributed by atoms with Gasteiger partial charge in [-0.3, -0.25) is 4.79 Å². The van der Waals surface area contributed by atoms with Crippen LogP contribution in [0, 0.1) is 5.92 Å². The van der Waals surface area contributed by atoms with Crippen LogP contribution in [0.2, 0.25) is 0 Å². The third-order valence-corrected chi connectivity index (χ3v) is 3.76. The summed E-state index contributed by atoms with van der Waals surface area (Å²) in [7, 11) is 0. The molecule has 2 aliphatic heterocycles. The average Bonchev–Trinajstić information content (AvgIpc) is 2.93. The fourth-order valence-electron chi connectivity index (χ4n) is 2.58. The van der Waals surface area contributed by atoms with Gasteiger partial charge in [0.15, 0.2) is 5.71 Å². The van der Waals surface area contributed by atoms with E-state index in [0.29, 0.717) is 12.5 Å². The maximum atomic E-state index is 12.0. The zero-order chi connectivity index (χ0) is 13.4. The predicted octanol–water partition coefficient (Wildman–Crippen LogP) is -0.100. The summed E-state index contributed by atoms with van der Waals surface area (Å²) in [4.78, 5) is 27.6. The minimum atomic E-state index is -1.14. The molecule has 2 heterocycles. The first-order valence-electron chi connectivity index (χ1n) is 6.53. The van der Waals surface area contributed by atoms with Crippen LogP contribution in [-0.2, 0) is 19.2 Å². The van der Waals surface area contributed by atoms with E-state index in [4.69, 9.17) is 14.7 Å². The van der Waals surface area contributed by atoms with E-state index in [0.717, 1.165) is 19.3 Å². The summed E-state index contributed by atoms with van der Waals surface area (Å²) in [6, 6.07) is 0.0116. The molecule has 2 fully saturated rings. The van der Waals surface area contributed by atoms with Gasteiger partial charge < -0.3 is 20.0 Å².